The van der Waals surface area contributed by atoms with Crippen molar-refractivity contribution in [3.8, 4) is 5.75 Å². The van der Waals surface area contributed by atoms with Crippen molar-refractivity contribution >= 4 is 17.5 Å². The van der Waals surface area contributed by atoms with E-state index in [1.165, 1.54) is 0 Å². The first kappa shape index (κ1) is 10.6. The molecule has 0 fully saturated rings. The quantitative estimate of drug-likeness (QED) is 0.744. The maximum absolute atomic E-state index is 12.2. The molecule has 76 valence electrons. The fourth-order valence-electron chi connectivity index (χ4n) is 0.826. The fourth-order valence-corrected chi connectivity index (χ4v) is 1.02. The van der Waals surface area contributed by atoms with Gasteiger partial charge in [-0.1, -0.05) is 11.6 Å². The van der Waals surface area contributed by atoms with E-state index in [2.05, 4.69) is 4.98 Å². The van der Waals surface area contributed by atoms with Gasteiger partial charge in [0.05, 0.1) is 5.56 Å². The van der Waals surface area contributed by atoms with Gasteiger partial charge in [-0.25, -0.2) is 13.8 Å². The van der Waals surface area contributed by atoms with Gasteiger partial charge < -0.3 is 10.8 Å². The van der Waals surface area contributed by atoms with Crippen molar-refractivity contribution < 1.29 is 18.7 Å². The number of hydrogen-bond acceptors (Lipinski definition) is 3. The highest BCUT2D eigenvalue weighted by molar-refractivity contribution is 6.31. The van der Waals surface area contributed by atoms with E-state index in [4.69, 9.17) is 22.4 Å². The average molecular weight is 223 g/mol. The van der Waals surface area contributed by atoms with Crippen molar-refractivity contribution in [3.63, 3.8) is 0 Å². The van der Waals surface area contributed by atoms with Crippen LogP contribution < -0.4 is 5.73 Å². The maximum Gasteiger partial charge on any atom is 0.280 e. The Morgan fingerprint density at radius 2 is 2.21 bits per heavy atom. The third-order valence-electron chi connectivity index (χ3n) is 1.46. The number of nitrogens with two attached hydrogens (primary N) is 1. The molecule has 0 unspecified atom stereocenters. The Bertz CT molecular complexity index is 384. The lowest BCUT2D eigenvalue weighted by Gasteiger charge is -2.05. The zero-order valence-electron chi connectivity index (χ0n) is 6.67. The molecule has 0 aromatic carbocycles. The summed E-state index contributed by atoms with van der Waals surface area (Å²) in [6.45, 7) is 0. The molecule has 0 spiro atoms. The largest absolute Gasteiger partial charge is 0.504 e. The number of hydrogen-bond donors (Lipinski definition) is 2. The molecule has 7 heteroatoms. The second kappa shape index (κ2) is 3.75. The molecule has 0 radical (unpaired) electrons. The van der Waals surface area contributed by atoms with Crippen molar-refractivity contribution in [3.05, 3.63) is 22.5 Å². The number of aromatic nitrogens is 1. The van der Waals surface area contributed by atoms with Gasteiger partial charge in [0.15, 0.2) is 10.9 Å². The Labute approximate surface area is 82.3 Å². The third-order valence-corrected chi connectivity index (χ3v) is 1.72. The normalized spacial score (nSPS) is 10.6. The first-order valence-corrected chi connectivity index (χ1v) is 3.78. The minimum Gasteiger partial charge on any atom is -0.504 e. The fraction of sp³-hybridized carbons (Fsp3) is 0.143. The lowest BCUT2D eigenvalue weighted by Crippen LogP contribution is -2.12. The number of rotatable bonds is 2. The minimum atomic E-state index is -2.88. The van der Waals surface area contributed by atoms with Crippen LogP contribution in [-0.2, 0) is 0 Å². The number of primary amides is 1. The molecule has 1 rings (SSSR count). The van der Waals surface area contributed by atoms with E-state index in [9.17, 15) is 13.6 Å². The van der Waals surface area contributed by atoms with Gasteiger partial charge in [0.2, 0.25) is 0 Å². The first-order chi connectivity index (χ1) is 6.43. The van der Waals surface area contributed by atoms with Crippen molar-refractivity contribution in [2.24, 2.45) is 5.73 Å². The highest BCUT2D eigenvalue weighted by Crippen LogP contribution is 2.29. The van der Waals surface area contributed by atoms with E-state index in [0.29, 0.717) is 6.07 Å². The average Bonchev–Trinajstić information content (AvgIpc) is 2.08. The van der Waals surface area contributed by atoms with E-state index in [1.807, 2.05) is 0 Å². The summed E-state index contributed by atoms with van der Waals surface area (Å²) in [4.78, 5) is 13.9. The van der Waals surface area contributed by atoms with Gasteiger partial charge in [-0.15, -0.1) is 0 Å². The standard InChI is InChI=1S/C7H5ClF2N2O2/c8-5-4(13)2(7(11)14)1-3(12-5)6(9)10/h1,6,13H,(H2,11,14). The van der Waals surface area contributed by atoms with Crippen LogP contribution in [0.1, 0.15) is 22.5 Å². The summed E-state index contributed by atoms with van der Waals surface area (Å²) in [5, 5.41) is 8.56. The van der Waals surface area contributed by atoms with Crippen molar-refractivity contribution in [1.29, 1.82) is 0 Å². The number of halogens is 3. The Morgan fingerprint density at radius 3 is 2.64 bits per heavy atom. The van der Waals surface area contributed by atoms with Gasteiger partial charge in [-0.2, -0.15) is 0 Å². The summed E-state index contributed by atoms with van der Waals surface area (Å²) < 4.78 is 24.3. The van der Waals surface area contributed by atoms with Crippen LogP contribution in [0.25, 0.3) is 0 Å². The van der Waals surface area contributed by atoms with Crippen LogP contribution >= 0.6 is 11.6 Å². The molecular formula is C7H5ClF2N2O2. The molecule has 0 aliphatic rings. The monoisotopic (exact) mass is 222 g/mol. The van der Waals surface area contributed by atoms with Gasteiger partial charge in [-0.05, 0) is 6.07 Å². The summed E-state index contributed by atoms with van der Waals surface area (Å²) in [6.07, 6.45) is -2.88. The van der Waals surface area contributed by atoms with Crippen molar-refractivity contribution in [1.82, 2.24) is 4.98 Å². The molecule has 1 aromatic heterocycles. The van der Waals surface area contributed by atoms with Crippen LogP contribution in [-0.4, -0.2) is 16.0 Å². The zero-order chi connectivity index (χ0) is 10.9. The number of alkyl halides is 2. The highest BCUT2D eigenvalue weighted by atomic mass is 35.5. The molecular weight excluding hydrogens is 218 g/mol. The highest BCUT2D eigenvalue weighted by Gasteiger charge is 2.18. The lowest BCUT2D eigenvalue weighted by molar-refractivity contribution is 0.0996. The van der Waals surface area contributed by atoms with Crippen LogP contribution in [0.4, 0.5) is 8.78 Å². The van der Waals surface area contributed by atoms with E-state index in [1.54, 1.807) is 0 Å². The molecule has 0 saturated heterocycles. The van der Waals surface area contributed by atoms with E-state index >= 15 is 0 Å². The number of amides is 1. The second-order valence-electron chi connectivity index (χ2n) is 2.40. The molecule has 14 heavy (non-hydrogen) atoms. The molecule has 1 heterocycles. The van der Waals surface area contributed by atoms with Gasteiger partial charge in [0.1, 0.15) is 5.69 Å². The SMILES string of the molecule is NC(=O)c1cc(C(F)F)nc(Cl)c1O. The summed E-state index contributed by atoms with van der Waals surface area (Å²) >= 11 is 5.30. The lowest BCUT2D eigenvalue weighted by atomic mass is 10.2. The minimum absolute atomic E-state index is 0.472. The van der Waals surface area contributed by atoms with Crippen LogP contribution in [0.5, 0.6) is 5.75 Å². The molecule has 0 saturated carbocycles. The zero-order valence-corrected chi connectivity index (χ0v) is 7.42. The smallest absolute Gasteiger partial charge is 0.280 e. The molecule has 0 aliphatic carbocycles. The molecule has 1 aromatic rings. The number of pyridine rings is 1. The first-order valence-electron chi connectivity index (χ1n) is 3.41. The van der Waals surface area contributed by atoms with Crippen LogP contribution in [0.2, 0.25) is 5.15 Å². The third kappa shape index (κ3) is 1.90. The Balaban J connectivity index is 3.35. The van der Waals surface area contributed by atoms with Crippen molar-refractivity contribution in [2.75, 3.05) is 0 Å². The van der Waals surface area contributed by atoms with E-state index in [0.717, 1.165) is 0 Å². The van der Waals surface area contributed by atoms with E-state index in [-0.39, 0.29) is 0 Å². The molecule has 0 atom stereocenters. The molecule has 3 N–H and O–H groups in total. The van der Waals surface area contributed by atoms with Crippen LogP contribution in [0, 0.1) is 0 Å². The molecule has 0 bridgehead atoms. The number of carbonyl (C=O) groups excluding carboxylic acids is 1. The Morgan fingerprint density at radius 1 is 1.64 bits per heavy atom. The predicted octanol–water partition coefficient (Wildman–Crippen LogP) is 1.48. The van der Waals surface area contributed by atoms with Gasteiger partial charge in [-0.3, -0.25) is 4.79 Å². The van der Waals surface area contributed by atoms with Crippen LogP contribution in [0.3, 0.4) is 0 Å². The number of nitrogens with zero attached hydrogens (tertiary/aromatic N) is 1. The second-order valence-corrected chi connectivity index (χ2v) is 2.76. The number of carbonyl (C=O) groups is 1. The maximum atomic E-state index is 12.2. The van der Waals surface area contributed by atoms with Gasteiger partial charge in [0, 0.05) is 0 Å². The molecule has 0 aliphatic heterocycles. The summed E-state index contributed by atoms with van der Waals surface area (Å²) in [5.41, 5.74) is 3.64. The van der Waals surface area contributed by atoms with Crippen LogP contribution in [0.15, 0.2) is 6.07 Å². The van der Waals surface area contributed by atoms with Gasteiger partial charge in [0.25, 0.3) is 12.3 Å². The van der Waals surface area contributed by atoms with Gasteiger partial charge >= 0.3 is 0 Å². The predicted molar refractivity (Wildman–Crippen MR) is 44.4 cm³/mol. The topological polar surface area (TPSA) is 76.2 Å². The summed E-state index contributed by atoms with van der Waals surface area (Å²) in [5.74, 6) is -1.74. The molecule has 4 nitrogen and oxygen atoms in total. The molecule has 1 amide bonds. The number of aromatic hydroxyl groups is 1. The summed E-state index contributed by atoms with van der Waals surface area (Å²) in [6, 6.07) is 0.703. The van der Waals surface area contributed by atoms with Crippen molar-refractivity contribution in [2.45, 2.75) is 6.43 Å². The van der Waals surface area contributed by atoms with E-state index < -0.39 is 34.5 Å². The Hall–Kier alpha value is -1.43. The summed E-state index contributed by atoms with van der Waals surface area (Å²) in [7, 11) is 0. The Kier molecular flexibility index (Phi) is 2.85.